The fourth-order valence-electron chi connectivity index (χ4n) is 1.37. The molecule has 1 N–H and O–H groups in total. The second-order valence-corrected chi connectivity index (χ2v) is 4.65. The molecule has 0 amide bonds. The fourth-order valence-corrected chi connectivity index (χ4v) is 1.37. The van der Waals surface area contributed by atoms with Gasteiger partial charge in [0.2, 0.25) is 0 Å². The van der Waals surface area contributed by atoms with Crippen molar-refractivity contribution in [1.29, 1.82) is 0 Å². The van der Waals surface area contributed by atoms with Gasteiger partial charge in [-0.25, -0.2) is 0 Å². The summed E-state index contributed by atoms with van der Waals surface area (Å²) in [7, 11) is 0. The van der Waals surface area contributed by atoms with Gasteiger partial charge in [-0.15, -0.1) is 6.58 Å². The van der Waals surface area contributed by atoms with E-state index in [0.717, 1.165) is 19.4 Å². The number of nitrogens with one attached hydrogen (secondary N) is 1. The van der Waals surface area contributed by atoms with E-state index in [0.29, 0.717) is 12.5 Å². The molecule has 16 heavy (non-hydrogen) atoms. The number of esters is 1. The number of hydrogen-bond acceptors (Lipinski definition) is 3. The zero-order valence-corrected chi connectivity index (χ0v) is 11.0. The molecule has 1 unspecified atom stereocenters. The third kappa shape index (κ3) is 5.31. The minimum Gasteiger partial charge on any atom is -0.465 e. The smallest absolute Gasteiger partial charge is 0.326 e. The van der Waals surface area contributed by atoms with E-state index in [4.69, 9.17) is 4.74 Å². The van der Waals surface area contributed by atoms with Crippen molar-refractivity contribution < 1.29 is 9.53 Å². The van der Waals surface area contributed by atoms with Crippen LogP contribution in [0, 0.1) is 5.92 Å². The highest BCUT2D eigenvalue weighted by atomic mass is 16.5. The monoisotopic (exact) mass is 227 g/mol. The van der Waals surface area contributed by atoms with Gasteiger partial charge in [0.15, 0.2) is 0 Å². The lowest BCUT2D eigenvalue weighted by Crippen LogP contribution is -2.51. The van der Waals surface area contributed by atoms with E-state index in [2.05, 4.69) is 25.7 Å². The highest BCUT2D eigenvalue weighted by Crippen LogP contribution is 2.15. The van der Waals surface area contributed by atoms with Crippen LogP contribution >= 0.6 is 0 Å². The second kappa shape index (κ2) is 7.44. The van der Waals surface area contributed by atoms with Crippen molar-refractivity contribution in [2.45, 2.75) is 46.1 Å². The van der Waals surface area contributed by atoms with E-state index in [9.17, 15) is 4.79 Å². The van der Waals surface area contributed by atoms with Gasteiger partial charge in [-0.1, -0.05) is 19.9 Å². The lowest BCUT2D eigenvalue weighted by Gasteiger charge is -2.29. The van der Waals surface area contributed by atoms with Crippen LogP contribution < -0.4 is 5.32 Å². The van der Waals surface area contributed by atoms with E-state index in [1.165, 1.54) is 0 Å². The first-order chi connectivity index (χ1) is 7.46. The summed E-state index contributed by atoms with van der Waals surface area (Å²) in [6.45, 7) is 12.9. The van der Waals surface area contributed by atoms with Gasteiger partial charge in [0.05, 0.1) is 6.61 Å². The highest BCUT2D eigenvalue weighted by molar-refractivity contribution is 5.80. The lowest BCUT2D eigenvalue weighted by atomic mass is 9.95. The normalized spacial score (nSPS) is 14.6. The minimum atomic E-state index is -0.589. The Bertz CT molecular complexity index is 226. The summed E-state index contributed by atoms with van der Waals surface area (Å²) in [6.07, 6.45) is 3.36. The van der Waals surface area contributed by atoms with Crippen molar-refractivity contribution in [3.63, 3.8) is 0 Å². The zero-order chi connectivity index (χ0) is 12.6. The fraction of sp³-hybridized carbons (Fsp3) is 0.769. The van der Waals surface area contributed by atoms with E-state index in [-0.39, 0.29) is 5.97 Å². The molecule has 0 aromatic rings. The largest absolute Gasteiger partial charge is 0.465 e. The SMILES string of the molecule is C=CCCC(C)(NCC(C)C)C(=O)OCC. The molecule has 0 bridgehead atoms. The molecular formula is C13H25NO2. The third-order valence-electron chi connectivity index (χ3n) is 2.47. The molecule has 0 aromatic carbocycles. The molecular weight excluding hydrogens is 202 g/mol. The van der Waals surface area contributed by atoms with Gasteiger partial charge in [0.1, 0.15) is 5.54 Å². The summed E-state index contributed by atoms with van der Waals surface area (Å²) in [5.41, 5.74) is -0.589. The Labute approximate surface area is 99.3 Å². The van der Waals surface area contributed by atoms with Crippen LogP contribution in [-0.4, -0.2) is 24.7 Å². The van der Waals surface area contributed by atoms with Gasteiger partial charge in [-0.2, -0.15) is 0 Å². The van der Waals surface area contributed by atoms with Crippen LogP contribution in [0.1, 0.15) is 40.5 Å². The lowest BCUT2D eigenvalue weighted by molar-refractivity contribution is -0.150. The van der Waals surface area contributed by atoms with Gasteiger partial charge >= 0.3 is 5.97 Å². The van der Waals surface area contributed by atoms with Crippen LogP contribution in [0.5, 0.6) is 0 Å². The quantitative estimate of drug-likeness (QED) is 0.511. The molecule has 0 aliphatic heterocycles. The Morgan fingerprint density at radius 2 is 2.19 bits per heavy atom. The van der Waals surface area contributed by atoms with E-state index in [1.54, 1.807) is 0 Å². The van der Waals surface area contributed by atoms with Crippen LogP contribution in [0.25, 0.3) is 0 Å². The molecule has 0 fully saturated rings. The van der Waals surface area contributed by atoms with Crippen LogP contribution in [0.2, 0.25) is 0 Å². The molecule has 0 rings (SSSR count). The zero-order valence-electron chi connectivity index (χ0n) is 11.0. The van der Waals surface area contributed by atoms with E-state index in [1.807, 2.05) is 19.9 Å². The summed E-state index contributed by atoms with van der Waals surface area (Å²) in [4.78, 5) is 11.9. The van der Waals surface area contributed by atoms with E-state index < -0.39 is 5.54 Å². The molecule has 0 spiro atoms. The minimum absolute atomic E-state index is 0.169. The van der Waals surface area contributed by atoms with Crippen LogP contribution in [0.3, 0.4) is 0 Å². The summed E-state index contributed by atoms with van der Waals surface area (Å²) in [5, 5.41) is 3.29. The second-order valence-electron chi connectivity index (χ2n) is 4.65. The predicted octanol–water partition coefficient (Wildman–Crippen LogP) is 2.52. The van der Waals surface area contributed by atoms with Crippen molar-refractivity contribution in [2.24, 2.45) is 5.92 Å². The molecule has 1 atom stereocenters. The Morgan fingerprint density at radius 1 is 1.56 bits per heavy atom. The van der Waals surface area contributed by atoms with Crippen LogP contribution in [-0.2, 0) is 9.53 Å². The molecule has 94 valence electrons. The number of carbonyl (C=O) groups is 1. The van der Waals surface area contributed by atoms with Crippen LogP contribution in [0.4, 0.5) is 0 Å². The summed E-state index contributed by atoms with van der Waals surface area (Å²) < 4.78 is 5.10. The maximum absolute atomic E-state index is 11.9. The van der Waals surface area contributed by atoms with E-state index >= 15 is 0 Å². The predicted molar refractivity (Wildman–Crippen MR) is 67.3 cm³/mol. The average molecular weight is 227 g/mol. The van der Waals surface area contributed by atoms with Crippen molar-refractivity contribution in [3.8, 4) is 0 Å². The molecule has 0 aliphatic rings. The Balaban J connectivity index is 4.45. The number of rotatable bonds is 8. The van der Waals surface area contributed by atoms with Crippen LogP contribution in [0.15, 0.2) is 12.7 Å². The number of hydrogen-bond donors (Lipinski definition) is 1. The van der Waals surface area contributed by atoms with Gasteiger partial charge in [0, 0.05) is 0 Å². The molecule has 0 aromatic heterocycles. The van der Waals surface area contributed by atoms with Gasteiger partial charge in [-0.05, 0) is 39.2 Å². The molecule has 0 aliphatic carbocycles. The van der Waals surface area contributed by atoms with Crippen molar-refractivity contribution >= 4 is 5.97 Å². The van der Waals surface area contributed by atoms with Crippen molar-refractivity contribution in [1.82, 2.24) is 5.32 Å². The maximum Gasteiger partial charge on any atom is 0.326 e. The molecule has 0 heterocycles. The first kappa shape index (κ1) is 15.2. The highest BCUT2D eigenvalue weighted by Gasteiger charge is 2.33. The maximum atomic E-state index is 11.9. The first-order valence-electron chi connectivity index (χ1n) is 5.99. The van der Waals surface area contributed by atoms with Crippen molar-refractivity contribution in [2.75, 3.05) is 13.2 Å². The first-order valence-corrected chi connectivity index (χ1v) is 5.99. The third-order valence-corrected chi connectivity index (χ3v) is 2.47. The van der Waals surface area contributed by atoms with Crippen molar-refractivity contribution in [3.05, 3.63) is 12.7 Å². The molecule has 0 radical (unpaired) electrons. The number of carbonyl (C=O) groups excluding carboxylic acids is 1. The Morgan fingerprint density at radius 3 is 2.62 bits per heavy atom. The van der Waals surface area contributed by atoms with Gasteiger partial charge < -0.3 is 10.1 Å². The molecule has 3 nitrogen and oxygen atoms in total. The number of ether oxygens (including phenoxy) is 1. The molecule has 0 saturated heterocycles. The van der Waals surface area contributed by atoms with Gasteiger partial charge in [-0.3, -0.25) is 4.79 Å². The Hall–Kier alpha value is -0.830. The standard InChI is InChI=1S/C13H25NO2/c1-6-8-9-13(5,12(15)16-7-2)14-10-11(3)4/h6,11,14H,1,7-10H2,2-5H3. The topological polar surface area (TPSA) is 38.3 Å². The summed E-state index contributed by atoms with van der Waals surface area (Å²) in [5.74, 6) is 0.343. The Kier molecular flexibility index (Phi) is 7.06. The van der Waals surface area contributed by atoms with Gasteiger partial charge in [0.25, 0.3) is 0 Å². The molecule has 0 saturated carbocycles. The summed E-state index contributed by atoms with van der Waals surface area (Å²) >= 11 is 0. The average Bonchev–Trinajstić information content (AvgIpc) is 2.24. The summed E-state index contributed by atoms with van der Waals surface area (Å²) in [6, 6.07) is 0. The molecule has 3 heteroatoms. The number of allylic oxidation sites excluding steroid dienone is 1.